The maximum absolute atomic E-state index is 12.1. The molecule has 0 saturated carbocycles. The molecule has 0 bridgehead atoms. The summed E-state index contributed by atoms with van der Waals surface area (Å²) in [5.74, 6) is 1.10. The Bertz CT molecular complexity index is 611. The molecule has 7 nitrogen and oxygen atoms in total. The molecule has 2 heterocycles. The molecule has 1 saturated heterocycles. The topological polar surface area (TPSA) is 78.7 Å². The van der Waals surface area contributed by atoms with Crippen LogP contribution in [-0.4, -0.2) is 54.9 Å². The van der Waals surface area contributed by atoms with Crippen molar-refractivity contribution >= 4 is 11.9 Å². The van der Waals surface area contributed by atoms with E-state index in [0.29, 0.717) is 43.3 Å². The van der Waals surface area contributed by atoms with Crippen LogP contribution in [-0.2, 0) is 4.74 Å². The minimum atomic E-state index is -0.503. The first-order chi connectivity index (χ1) is 10.9. The lowest BCUT2D eigenvalue weighted by Crippen LogP contribution is -2.50. The molecule has 1 fully saturated rings. The van der Waals surface area contributed by atoms with E-state index in [4.69, 9.17) is 9.47 Å². The van der Waals surface area contributed by atoms with Gasteiger partial charge in [-0.15, -0.1) is 0 Å². The second-order valence-electron chi connectivity index (χ2n) is 6.28. The lowest BCUT2D eigenvalue weighted by Gasteiger charge is -2.36. The van der Waals surface area contributed by atoms with Crippen LogP contribution >= 0.6 is 0 Å². The van der Waals surface area contributed by atoms with Gasteiger partial charge >= 0.3 is 6.09 Å². The first kappa shape index (κ1) is 16.9. The summed E-state index contributed by atoms with van der Waals surface area (Å²) >= 11 is 0. The Morgan fingerprint density at radius 3 is 2.48 bits per heavy atom. The van der Waals surface area contributed by atoms with E-state index in [1.54, 1.807) is 17.2 Å². The number of carbonyl (C=O) groups excluding carboxylic acids is 1. The Kier molecular flexibility index (Phi) is 4.94. The average molecular weight is 318 g/mol. The predicted octanol–water partition coefficient (Wildman–Crippen LogP) is 2.02. The van der Waals surface area contributed by atoms with Gasteiger partial charge in [0.2, 0.25) is 0 Å². The molecular weight excluding hydrogens is 296 g/mol. The van der Waals surface area contributed by atoms with Crippen LogP contribution in [0.25, 0.3) is 0 Å². The Labute approximate surface area is 136 Å². The fourth-order valence-electron chi connectivity index (χ4n) is 2.38. The van der Waals surface area contributed by atoms with Gasteiger partial charge in [-0.3, -0.25) is 0 Å². The molecule has 0 radical (unpaired) electrons. The quantitative estimate of drug-likeness (QED) is 0.830. The number of aromatic nitrogens is 1. The van der Waals surface area contributed by atoms with Crippen LogP contribution in [0.4, 0.5) is 10.6 Å². The van der Waals surface area contributed by atoms with Gasteiger partial charge in [0.1, 0.15) is 28.8 Å². The zero-order valence-corrected chi connectivity index (χ0v) is 14.0. The first-order valence-corrected chi connectivity index (χ1v) is 7.51. The highest BCUT2D eigenvalue weighted by Crippen LogP contribution is 2.27. The number of anilines is 1. The van der Waals surface area contributed by atoms with Crippen molar-refractivity contribution in [2.24, 2.45) is 0 Å². The van der Waals surface area contributed by atoms with Gasteiger partial charge in [-0.05, 0) is 26.8 Å². The second-order valence-corrected chi connectivity index (χ2v) is 6.28. The van der Waals surface area contributed by atoms with Crippen molar-refractivity contribution in [1.29, 1.82) is 5.26 Å². The van der Waals surface area contributed by atoms with Crippen LogP contribution in [0.5, 0.6) is 5.75 Å². The molecule has 0 N–H and O–H groups in total. The smallest absolute Gasteiger partial charge is 0.410 e. The van der Waals surface area contributed by atoms with E-state index in [0.717, 1.165) is 0 Å². The zero-order chi connectivity index (χ0) is 17.0. The number of hydrogen-bond acceptors (Lipinski definition) is 6. The summed E-state index contributed by atoms with van der Waals surface area (Å²) < 4.78 is 10.6. The van der Waals surface area contributed by atoms with Gasteiger partial charge in [-0.25, -0.2) is 9.78 Å². The third kappa shape index (κ3) is 4.03. The van der Waals surface area contributed by atoms with E-state index in [1.807, 2.05) is 25.7 Å². The molecule has 0 aromatic carbocycles. The van der Waals surface area contributed by atoms with Crippen molar-refractivity contribution in [2.75, 3.05) is 38.2 Å². The van der Waals surface area contributed by atoms with Gasteiger partial charge < -0.3 is 19.3 Å². The summed E-state index contributed by atoms with van der Waals surface area (Å²) in [4.78, 5) is 20.0. The maximum atomic E-state index is 12.1. The number of methoxy groups -OCH3 is 1. The number of nitrogens with zero attached hydrogens (tertiary/aromatic N) is 4. The zero-order valence-electron chi connectivity index (χ0n) is 14.0. The molecule has 23 heavy (non-hydrogen) atoms. The molecule has 1 aliphatic heterocycles. The summed E-state index contributed by atoms with van der Waals surface area (Å²) in [5, 5.41) is 9.35. The van der Waals surface area contributed by atoms with Crippen LogP contribution in [0.1, 0.15) is 26.3 Å². The van der Waals surface area contributed by atoms with Crippen molar-refractivity contribution < 1.29 is 14.3 Å². The van der Waals surface area contributed by atoms with Gasteiger partial charge in [0.25, 0.3) is 0 Å². The number of piperazine rings is 1. The number of ether oxygens (including phenoxy) is 2. The molecular formula is C16H22N4O3. The van der Waals surface area contributed by atoms with Crippen molar-refractivity contribution in [3.05, 3.63) is 17.8 Å². The van der Waals surface area contributed by atoms with Crippen LogP contribution < -0.4 is 9.64 Å². The molecule has 7 heteroatoms. The number of amides is 1. The number of nitriles is 1. The van der Waals surface area contributed by atoms with E-state index >= 15 is 0 Å². The number of rotatable bonds is 2. The SMILES string of the molecule is COc1ccnc(N2CCN(C(=O)OC(C)(C)C)CC2)c1C#N. The highest BCUT2D eigenvalue weighted by Gasteiger charge is 2.27. The Morgan fingerprint density at radius 2 is 1.96 bits per heavy atom. The molecule has 0 unspecified atom stereocenters. The second kappa shape index (κ2) is 6.73. The van der Waals surface area contributed by atoms with Gasteiger partial charge in [-0.2, -0.15) is 5.26 Å². The first-order valence-electron chi connectivity index (χ1n) is 7.51. The van der Waals surface area contributed by atoms with Crippen molar-refractivity contribution in [1.82, 2.24) is 9.88 Å². The Morgan fingerprint density at radius 1 is 1.30 bits per heavy atom. The third-order valence-corrected chi connectivity index (χ3v) is 3.46. The molecule has 1 aliphatic rings. The van der Waals surface area contributed by atoms with Crippen molar-refractivity contribution in [3.63, 3.8) is 0 Å². The lowest BCUT2D eigenvalue weighted by molar-refractivity contribution is 0.0240. The Hall–Kier alpha value is -2.49. The highest BCUT2D eigenvalue weighted by molar-refractivity contribution is 5.69. The Balaban J connectivity index is 2.06. The number of carbonyl (C=O) groups is 1. The standard InChI is InChI=1S/C16H22N4O3/c1-16(2,3)23-15(21)20-9-7-19(8-10-20)14-12(11-17)13(22-4)5-6-18-14/h5-6H,7-10H2,1-4H3. The third-order valence-electron chi connectivity index (χ3n) is 3.46. The van der Waals surface area contributed by atoms with Gasteiger partial charge in [0.05, 0.1) is 7.11 Å². The van der Waals surface area contributed by atoms with Gasteiger partial charge in [-0.1, -0.05) is 0 Å². The van der Waals surface area contributed by atoms with E-state index in [9.17, 15) is 10.1 Å². The minimum absolute atomic E-state index is 0.309. The average Bonchev–Trinajstić information content (AvgIpc) is 2.52. The fourth-order valence-corrected chi connectivity index (χ4v) is 2.38. The summed E-state index contributed by atoms with van der Waals surface area (Å²) in [6, 6.07) is 3.81. The van der Waals surface area contributed by atoms with E-state index in [1.165, 1.54) is 7.11 Å². The predicted molar refractivity (Wildman–Crippen MR) is 85.5 cm³/mol. The molecule has 1 amide bonds. The van der Waals surface area contributed by atoms with Gasteiger partial charge in [0.15, 0.2) is 0 Å². The fraction of sp³-hybridized carbons (Fsp3) is 0.562. The summed E-state index contributed by atoms with van der Waals surface area (Å²) in [7, 11) is 1.53. The number of hydrogen-bond donors (Lipinski definition) is 0. The maximum Gasteiger partial charge on any atom is 0.410 e. The monoisotopic (exact) mass is 318 g/mol. The lowest BCUT2D eigenvalue weighted by atomic mass is 10.2. The summed E-state index contributed by atoms with van der Waals surface area (Å²) in [6.07, 6.45) is 1.31. The van der Waals surface area contributed by atoms with Crippen molar-refractivity contribution in [3.8, 4) is 11.8 Å². The molecule has 0 atom stereocenters. The summed E-state index contributed by atoms with van der Waals surface area (Å²) in [6.45, 7) is 7.78. The van der Waals surface area contributed by atoms with Crippen LogP contribution in [0.15, 0.2) is 12.3 Å². The van der Waals surface area contributed by atoms with E-state index in [-0.39, 0.29) is 6.09 Å². The van der Waals surface area contributed by atoms with E-state index in [2.05, 4.69) is 11.1 Å². The van der Waals surface area contributed by atoms with E-state index < -0.39 is 5.60 Å². The van der Waals surface area contributed by atoms with Gasteiger partial charge in [0, 0.05) is 32.4 Å². The molecule has 2 rings (SSSR count). The van der Waals surface area contributed by atoms with Crippen LogP contribution in [0, 0.1) is 11.3 Å². The summed E-state index contributed by atoms with van der Waals surface area (Å²) in [5.41, 5.74) is -0.0861. The molecule has 0 aliphatic carbocycles. The van der Waals surface area contributed by atoms with Crippen molar-refractivity contribution in [2.45, 2.75) is 26.4 Å². The normalized spacial score (nSPS) is 15.1. The highest BCUT2D eigenvalue weighted by atomic mass is 16.6. The molecule has 1 aromatic heterocycles. The molecule has 124 valence electrons. The molecule has 0 spiro atoms. The minimum Gasteiger partial charge on any atom is -0.495 e. The molecule has 1 aromatic rings. The van der Waals surface area contributed by atoms with Crippen LogP contribution in [0.2, 0.25) is 0 Å². The largest absolute Gasteiger partial charge is 0.495 e. The van der Waals surface area contributed by atoms with Crippen LogP contribution in [0.3, 0.4) is 0 Å². The number of pyridine rings is 1.